The lowest BCUT2D eigenvalue weighted by molar-refractivity contribution is -0.00352. The van der Waals surface area contributed by atoms with Gasteiger partial charge in [-0.2, -0.15) is 0 Å². The molecule has 0 saturated carbocycles. The maximum atomic E-state index is 11.9. The molecule has 17 heavy (non-hydrogen) atoms. The van der Waals surface area contributed by atoms with E-state index >= 15 is 0 Å². The Labute approximate surface area is 102 Å². The van der Waals surface area contributed by atoms with Gasteiger partial charge in [-0.25, -0.2) is 4.98 Å². The third-order valence-electron chi connectivity index (χ3n) is 2.95. The van der Waals surface area contributed by atoms with E-state index in [4.69, 9.17) is 0 Å². The first-order valence-electron chi connectivity index (χ1n) is 5.50. The van der Waals surface area contributed by atoms with Crippen LogP contribution in [0.3, 0.4) is 0 Å². The van der Waals surface area contributed by atoms with Crippen LogP contribution < -0.4 is 5.56 Å². The highest BCUT2D eigenvalue weighted by molar-refractivity contribution is 7.15. The van der Waals surface area contributed by atoms with Crippen molar-refractivity contribution < 1.29 is 5.11 Å². The highest BCUT2D eigenvalue weighted by atomic mass is 32.1. The normalized spacial score (nSPS) is 17.5. The van der Waals surface area contributed by atoms with Crippen molar-refractivity contribution in [3.8, 4) is 0 Å². The number of aliphatic hydroxyl groups excluding tert-OH is 1. The summed E-state index contributed by atoms with van der Waals surface area (Å²) in [6, 6.07) is 1.58. The van der Waals surface area contributed by atoms with Crippen molar-refractivity contribution in [3.05, 3.63) is 33.2 Å². The van der Waals surface area contributed by atoms with Crippen molar-refractivity contribution >= 4 is 16.3 Å². The molecule has 0 unspecified atom stereocenters. The molecule has 0 atom stereocenters. The summed E-state index contributed by atoms with van der Waals surface area (Å²) in [5.41, 5.74) is 1.68. The second-order valence-corrected chi connectivity index (χ2v) is 5.27. The maximum absolute atomic E-state index is 11.9. The summed E-state index contributed by atoms with van der Waals surface area (Å²) in [6.07, 6.45) is -0.219. The number of fused-ring (bicyclic) bond motifs is 1. The molecule has 1 fully saturated rings. The molecule has 0 amide bonds. The first-order chi connectivity index (χ1) is 8.13. The SMILES string of the molecule is Cc1csc2nc(CN3CC(O)C3)cc(=O)n12. The van der Waals surface area contributed by atoms with Gasteiger partial charge in [-0.3, -0.25) is 14.1 Å². The molecule has 2 aromatic heterocycles. The van der Waals surface area contributed by atoms with Gasteiger partial charge in [0.05, 0.1) is 11.8 Å². The fourth-order valence-corrected chi connectivity index (χ4v) is 2.97. The minimum atomic E-state index is -0.219. The van der Waals surface area contributed by atoms with Gasteiger partial charge in [0.15, 0.2) is 4.96 Å². The van der Waals surface area contributed by atoms with Crippen LogP contribution in [0.4, 0.5) is 0 Å². The fraction of sp³-hybridized carbons (Fsp3) is 0.455. The Morgan fingerprint density at radius 3 is 3.06 bits per heavy atom. The number of aliphatic hydroxyl groups is 1. The van der Waals surface area contributed by atoms with Crippen molar-refractivity contribution in [2.75, 3.05) is 13.1 Å². The number of hydrogen-bond donors (Lipinski definition) is 1. The molecule has 5 nitrogen and oxygen atoms in total. The van der Waals surface area contributed by atoms with Crippen LogP contribution in [0.1, 0.15) is 11.4 Å². The highest BCUT2D eigenvalue weighted by Crippen LogP contribution is 2.14. The molecule has 1 aliphatic heterocycles. The Kier molecular flexibility index (Phi) is 2.50. The maximum Gasteiger partial charge on any atom is 0.259 e. The molecule has 0 bridgehead atoms. The van der Waals surface area contributed by atoms with E-state index in [-0.39, 0.29) is 11.7 Å². The number of aromatic nitrogens is 2. The van der Waals surface area contributed by atoms with Crippen molar-refractivity contribution in [1.82, 2.24) is 14.3 Å². The van der Waals surface area contributed by atoms with Crippen molar-refractivity contribution in [2.45, 2.75) is 19.6 Å². The lowest BCUT2D eigenvalue weighted by Gasteiger charge is -2.35. The van der Waals surface area contributed by atoms with Crippen molar-refractivity contribution in [2.24, 2.45) is 0 Å². The monoisotopic (exact) mass is 251 g/mol. The molecule has 1 aliphatic rings. The minimum absolute atomic E-state index is 0.0233. The van der Waals surface area contributed by atoms with E-state index in [0.29, 0.717) is 19.6 Å². The van der Waals surface area contributed by atoms with Gasteiger partial charge < -0.3 is 5.11 Å². The van der Waals surface area contributed by atoms with Gasteiger partial charge in [0, 0.05) is 36.8 Å². The van der Waals surface area contributed by atoms with Crippen LogP contribution in [-0.4, -0.2) is 38.6 Å². The van der Waals surface area contributed by atoms with E-state index in [9.17, 15) is 9.90 Å². The number of aryl methyl sites for hydroxylation is 1. The molecular formula is C11H13N3O2S. The number of β-amino-alcohol motifs (C(OH)–C–C–N with tert-alkyl or cyclic N) is 1. The number of likely N-dealkylation sites (tertiary alicyclic amines) is 1. The summed E-state index contributed by atoms with van der Waals surface area (Å²) >= 11 is 1.48. The van der Waals surface area contributed by atoms with Gasteiger partial charge in [0.2, 0.25) is 0 Å². The lowest BCUT2D eigenvalue weighted by atomic mass is 10.1. The topological polar surface area (TPSA) is 57.8 Å². The van der Waals surface area contributed by atoms with Crippen LogP contribution in [-0.2, 0) is 6.54 Å². The molecule has 1 saturated heterocycles. The van der Waals surface area contributed by atoms with Gasteiger partial charge in [-0.1, -0.05) is 0 Å². The molecule has 90 valence electrons. The third-order valence-corrected chi connectivity index (χ3v) is 3.90. The van der Waals surface area contributed by atoms with Gasteiger partial charge in [-0.05, 0) is 6.92 Å². The summed E-state index contributed by atoms with van der Waals surface area (Å²) in [6.45, 7) is 3.88. The van der Waals surface area contributed by atoms with Gasteiger partial charge in [0.25, 0.3) is 5.56 Å². The first kappa shape index (κ1) is 10.9. The van der Waals surface area contributed by atoms with E-state index in [1.807, 2.05) is 12.3 Å². The highest BCUT2D eigenvalue weighted by Gasteiger charge is 2.24. The van der Waals surface area contributed by atoms with Gasteiger partial charge in [-0.15, -0.1) is 11.3 Å². The quantitative estimate of drug-likeness (QED) is 0.830. The third kappa shape index (κ3) is 1.88. The second kappa shape index (κ2) is 3.90. The molecule has 0 aliphatic carbocycles. The summed E-state index contributed by atoms with van der Waals surface area (Å²) in [5, 5.41) is 11.1. The van der Waals surface area contributed by atoms with Crippen LogP contribution in [0.25, 0.3) is 4.96 Å². The van der Waals surface area contributed by atoms with E-state index in [1.165, 1.54) is 11.3 Å². The van der Waals surface area contributed by atoms with E-state index in [1.54, 1.807) is 10.5 Å². The van der Waals surface area contributed by atoms with Crippen molar-refractivity contribution in [3.63, 3.8) is 0 Å². The average molecular weight is 251 g/mol. The molecule has 1 N–H and O–H groups in total. The van der Waals surface area contributed by atoms with Gasteiger partial charge >= 0.3 is 0 Å². The molecule has 6 heteroatoms. The molecule has 3 heterocycles. The zero-order chi connectivity index (χ0) is 12.0. The molecule has 3 rings (SSSR count). The minimum Gasteiger partial charge on any atom is -0.390 e. The molecule has 0 radical (unpaired) electrons. The van der Waals surface area contributed by atoms with Crippen LogP contribution in [0.2, 0.25) is 0 Å². The molecule has 0 spiro atoms. The van der Waals surface area contributed by atoms with Crippen LogP contribution in [0, 0.1) is 6.92 Å². The van der Waals surface area contributed by atoms with Crippen molar-refractivity contribution in [1.29, 1.82) is 0 Å². The zero-order valence-corrected chi connectivity index (χ0v) is 10.3. The number of thiazole rings is 1. The molecule has 2 aromatic rings. The summed E-state index contributed by atoms with van der Waals surface area (Å²) in [5.74, 6) is 0. The van der Waals surface area contributed by atoms with Crippen LogP contribution >= 0.6 is 11.3 Å². The average Bonchev–Trinajstić information content (AvgIpc) is 2.58. The smallest absolute Gasteiger partial charge is 0.259 e. The Hall–Kier alpha value is -1.24. The molecular weight excluding hydrogens is 238 g/mol. The lowest BCUT2D eigenvalue weighted by Crippen LogP contribution is -2.50. The van der Waals surface area contributed by atoms with E-state index in [0.717, 1.165) is 16.3 Å². The fourth-order valence-electron chi connectivity index (χ4n) is 2.08. The second-order valence-electron chi connectivity index (χ2n) is 4.43. The predicted molar refractivity (Wildman–Crippen MR) is 65.4 cm³/mol. The Morgan fingerprint density at radius 2 is 2.35 bits per heavy atom. The Balaban J connectivity index is 1.93. The largest absolute Gasteiger partial charge is 0.390 e. The number of nitrogens with zero attached hydrogens (tertiary/aromatic N) is 3. The Morgan fingerprint density at radius 1 is 1.59 bits per heavy atom. The summed E-state index contributed by atoms with van der Waals surface area (Å²) in [7, 11) is 0. The zero-order valence-electron chi connectivity index (χ0n) is 9.46. The first-order valence-corrected chi connectivity index (χ1v) is 6.38. The number of rotatable bonds is 2. The number of hydrogen-bond acceptors (Lipinski definition) is 5. The van der Waals surface area contributed by atoms with E-state index in [2.05, 4.69) is 9.88 Å². The van der Waals surface area contributed by atoms with Crippen LogP contribution in [0.15, 0.2) is 16.2 Å². The van der Waals surface area contributed by atoms with Crippen LogP contribution in [0.5, 0.6) is 0 Å². The summed E-state index contributed by atoms with van der Waals surface area (Å²) < 4.78 is 1.62. The molecule has 0 aromatic carbocycles. The summed E-state index contributed by atoms with van der Waals surface area (Å²) in [4.78, 5) is 19.2. The predicted octanol–water partition coefficient (Wildman–Crippen LogP) is 0.241. The van der Waals surface area contributed by atoms with E-state index < -0.39 is 0 Å². The standard InChI is InChI=1S/C11H13N3O2S/c1-7-6-17-11-12-8(2-10(16)14(7)11)3-13-4-9(15)5-13/h2,6,9,15H,3-5H2,1H3. The Bertz CT molecular complexity index is 613. The van der Waals surface area contributed by atoms with Gasteiger partial charge in [0.1, 0.15) is 0 Å².